The maximum atomic E-state index is 13.0. The molecule has 0 saturated carbocycles. The topological polar surface area (TPSA) is 77.1 Å². The highest BCUT2D eigenvalue weighted by Gasteiger charge is 2.14. The number of hydrogen-bond acceptors (Lipinski definition) is 3. The molecule has 0 saturated heterocycles. The molecule has 176 valence electrons. The molecule has 2 aromatic carbocycles. The maximum absolute atomic E-state index is 13.0. The molecule has 0 fully saturated rings. The molecule has 0 bridgehead atoms. The summed E-state index contributed by atoms with van der Waals surface area (Å²) in [6.07, 6.45) is 8.63. The van der Waals surface area contributed by atoms with Gasteiger partial charge in [0.15, 0.2) is 0 Å². The van der Waals surface area contributed by atoms with E-state index in [0.717, 1.165) is 49.1 Å². The number of hydrogen-bond donors (Lipinski definition) is 1. The summed E-state index contributed by atoms with van der Waals surface area (Å²) in [6.45, 7) is 5.44. The third-order valence-electron chi connectivity index (χ3n) is 5.99. The minimum Gasteiger partial charge on any atom is -0.478 e. The molecule has 0 aliphatic carbocycles. The van der Waals surface area contributed by atoms with Crippen molar-refractivity contribution in [2.24, 2.45) is 0 Å². The van der Waals surface area contributed by atoms with Crippen LogP contribution in [0.3, 0.4) is 0 Å². The highest BCUT2D eigenvalue weighted by molar-refractivity contribution is 5.95. The predicted molar refractivity (Wildman–Crippen MR) is 132 cm³/mol. The Kier molecular flexibility index (Phi) is 9.04. The van der Waals surface area contributed by atoms with Crippen LogP contribution in [-0.4, -0.2) is 25.4 Å². The van der Waals surface area contributed by atoms with Crippen molar-refractivity contribution in [2.45, 2.75) is 78.3 Å². The zero-order chi connectivity index (χ0) is 23.6. The number of carboxylic acid groups (broad SMARTS) is 1. The minimum atomic E-state index is -0.940. The van der Waals surface area contributed by atoms with Gasteiger partial charge in [-0.25, -0.2) is 14.3 Å². The van der Waals surface area contributed by atoms with Crippen molar-refractivity contribution in [3.8, 4) is 11.1 Å². The standard InChI is InChI=1S/C27H35N3O3/c1-3-5-7-8-9-14-25-28-30(19-6-4-2)27(33)29(25)20-21-15-17-22(18-16-21)23-12-10-11-13-24(23)26(31)32/h10-13,15-18H,3-9,14,19-20H2,1-2H3,(H,31,32). The Morgan fingerprint density at radius 2 is 1.61 bits per heavy atom. The number of carboxylic acids is 1. The fourth-order valence-electron chi connectivity index (χ4n) is 4.06. The van der Waals surface area contributed by atoms with Crippen molar-refractivity contribution in [2.75, 3.05) is 0 Å². The lowest BCUT2D eigenvalue weighted by molar-refractivity contribution is 0.0697. The average molecular weight is 450 g/mol. The molecule has 1 aromatic heterocycles. The number of aromatic nitrogens is 3. The highest BCUT2D eigenvalue weighted by Crippen LogP contribution is 2.24. The van der Waals surface area contributed by atoms with Gasteiger partial charge in [-0.3, -0.25) is 4.57 Å². The van der Waals surface area contributed by atoms with Gasteiger partial charge < -0.3 is 5.11 Å². The molecule has 6 nitrogen and oxygen atoms in total. The van der Waals surface area contributed by atoms with Gasteiger partial charge in [-0.1, -0.05) is 88.4 Å². The average Bonchev–Trinajstić information content (AvgIpc) is 3.12. The Labute approximate surface area is 195 Å². The number of carbonyl (C=O) groups is 1. The smallest absolute Gasteiger partial charge is 0.346 e. The number of aromatic carboxylic acids is 1. The van der Waals surface area contributed by atoms with Gasteiger partial charge in [-0.05, 0) is 35.6 Å². The van der Waals surface area contributed by atoms with Crippen LogP contribution in [0.15, 0.2) is 53.3 Å². The Bertz CT molecular complexity index is 1100. The van der Waals surface area contributed by atoms with Crippen LogP contribution in [0.2, 0.25) is 0 Å². The van der Waals surface area contributed by atoms with Gasteiger partial charge in [-0.15, -0.1) is 0 Å². The van der Waals surface area contributed by atoms with Crippen molar-refractivity contribution >= 4 is 5.97 Å². The number of unbranched alkanes of at least 4 members (excludes halogenated alkanes) is 5. The van der Waals surface area contributed by atoms with E-state index in [2.05, 4.69) is 18.9 Å². The quantitative estimate of drug-likeness (QED) is 0.336. The Hall–Kier alpha value is -3.15. The van der Waals surface area contributed by atoms with E-state index in [1.165, 1.54) is 19.3 Å². The van der Waals surface area contributed by atoms with Gasteiger partial charge in [0.2, 0.25) is 0 Å². The van der Waals surface area contributed by atoms with Crippen LogP contribution in [0, 0.1) is 0 Å². The van der Waals surface area contributed by atoms with E-state index in [9.17, 15) is 14.7 Å². The number of benzene rings is 2. The zero-order valence-electron chi connectivity index (χ0n) is 19.8. The minimum absolute atomic E-state index is 0.0488. The summed E-state index contributed by atoms with van der Waals surface area (Å²) >= 11 is 0. The second kappa shape index (κ2) is 12.2. The van der Waals surface area contributed by atoms with Crippen molar-refractivity contribution in [1.82, 2.24) is 14.3 Å². The molecule has 6 heteroatoms. The van der Waals surface area contributed by atoms with Crippen LogP contribution < -0.4 is 5.69 Å². The van der Waals surface area contributed by atoms with Gasteiger partial charge in [0.1, 0.15) is 5.82 Å². The third kappa shape index (κ3) is 6.44. The summed E-state index contributed by atoms with van der Waals surface area (Å²) in [6, 6.07) is 14.8. The first-order valence-corrected chi connectivity index (χ1v) is 12.1. The molecular formula is C27H35N3O3. The molecule has 1 heterocycles. The molecule has 0 atom stereocenters. The van der Waals surface area contributed by atoms with Crippen molar-refractivity contribution in [3.63, 3.8) is 0 Å². The van der Waals surface area contributed by atoms with Crippen LogP contribution in [0.4, 0.5) is 0 Å². The summed E-state index contributed by atoms with van der Waals surface area (Å²) in [4.78, 5) is 24.6. The lowest BCUT2D eigenvalue weighted by atomic mass is 9.99. The van der Waals surface area contributed by atoms with E-state index in [-0.39, 0.29) is 11.3 Å². The lowest BCUT2D eigenvalue weighted by Crippen LogP contribution is -2.26. The van der Waals surface area contributed by atoms with Crippen molar-refractivity contribution in [3.05, 3.63) is 76.0 Å². The summed E-state index contributed by atoms with van der Waals surface area (Å²) in [5, 5.41) is 14.1. The molecule has 0 amide bonds. The van der Waals surface area contributed by atoms with E-state index in [4.69, 9.17) is 0 Å². The first-order chi connectivity index (χ1) is 16.0. The molecule has 3 rings (SSSR count). The molecule has 1 N–H and O–H groups in total. The molecule has 3 aromatic rings. The second-order valence-electron chi connectivity index (χ2n) is 8.57. The largest absolute Gasteiger partial charge is 0.478 e. The Morgan fingerprint density at radius 3 is 2.30 bits per heavy atom. The van der Waals surface area contributed by atoms with E-state index in [0.29, 0.717) is 18.7 Å². The molecule has 0 spiro atoms. The SMILES string of the molecule is CCCCCCCc1nn(CCCC)c(=O)n1Cc1ccc(-c2ccccc2C(=O)O)cc1. The van der Waals surface area contributed by atoms with Gasteiger partial charge >= 0.3 is 11.7 Å². The van der Waals surface area contributed by atoms with Gasteiger partial charge in [0.25, 0.3) is 0 Å². The first kappa shape index (κ1) is 24.5. The number of aryl methyl sites for hydroxylation is 2. The van der Waals surface area contributed by atoms with E-state index in [1.54, 1.807) is 21.4 Å². The fourth-order valence-corrected chi connectivity index (χ4v) is 4.06. The van der Waals surface area contributed by atoms with E-state index in [1.807, 2.05) is 36.4 Å². The van der Waals surface area contributed by atoms with Crippen LogP contribution >= 0.6 is 0 Å². The number of rotatable bonds is 13. The zero-order valence-corrected chi connectivity index (χ0v) is 19.8. The van der Waals surface area contributed by atoms with Gasteiger partial charge in [-0.2, -0.15) is 5.10 Å². The monoisotopic (exact) mass is 449 g/mol. The summed E-state index contributed by atoms with van der Waals surface area (Å²) in [5.41, 5.74) is 2.76. The molecule has 0 unspecified atom stereocenters. The Balaban J connectivity index is 1.80. The summed E-state index contributed by atoms with van der Waals surface area (Å²) in [5.74, 6) is -0.0859. The summed E-state index contributed by atoms with van der Waals surface area (Å²) in [7, 11) is 0. The third-order valence-corrected chi connectivity index (χ3v) is 5.99. The molecule has 0 radical (unpaired) electrons. The molecule has 33 heavy (non-hydrogen) atoms. The van der Waals surface area contributed by atoms with E-state index < -0.39 is 5.97 Å². The normalized spacial score (nSPS) is 11.1. The van der Waals surface area contributed by atoms with Crippen molar-refractivity contribution in [1.29, 1.82) is 0 Å². The Morgan fingerprint density at radius 1 is 0.909 bits per heavy atom. The summed E-state index contributed by atoms with van der Waals surface area (Å²) < 4.78 is 3.41. The van der Waals surface area contributed by atoms with Crippen LogP contribution in [0.5, 0.6) is 0 Å². The van der Waals surface area contributed by atoms with Crippen LogP contribution in [-0.2, 0) is 19.5 Å². The molecule has 0 aliphatic rings. The van der Waals surface area contributed by atoms with Crippen LogP contribution in [0.25, 0.3) is 11.1 Å². The molecular weight excluding hydrogens is 414 g/mol. The number of nitrogens with zero attached hydrogens (tertiary/aromatic N) is 3. The first-order valence-electron chi connectivity index (χ1n) is 12.1. The van der Waals surface area contributed by atoms with Crippen LogP contribution in [0.1, 0.15) is 80.5 Å². The lowest BCUT2D eigenvalue weighted by Gasteiger charge is -2.09. The van der Waals surface area contributed by atoms with Gasteiger partial charge in [0, 0.05) is 13.0 Å². The van der Waals surface area contributed by atoms with Gasteiger partial charge in [0.05, 0.1) is 12.1 Å². The van der Waals surface area contributed by atoms with E-state index >= 15 is 0 Å². The fraction of sp³-hybridized carbons (Fsp3) is 0.444. The molecule has 0 aliphatic heterocycles. The highest BCUT2D eigenvalue weighted by atomic mass is 16.4. The maximum Gasteiger partial charge on any atom is 0.346 e. The second-order valence-corrected chi connectivity index (χ2v) is 8.57. The van der Waals surface area contributed by atoms with Crippen molar-refractivity contribution < 1.29 is 9.90 Å². The predicted octanol–water partition coefficient (Wildman–Crippen LogP) is 5.77.